The van der Waals surface area contributed by atoms with Gasteiger partial charge in [-0.05, 0) is 66.9 Å². The fourth-order valence-corrected chi connectivity index (χ4v) is 4.07. The lowest BCUT2D eigenvalue weighted by Crippen LogP contribution is -2.08. The van der Waals surface area contributed by atoms with Crippen LogP contribution in [0.25, 0.3) is 22.0 Å². The topological polar surface area (TPSA) is 43.7 Å². The molecular formula is C26H21ClN2O2. The molecule has 0 radical (unpaired) electrons. The van der Waals surface area contributed by atoms with E-state index in [1.54, 1.807) is 0 Å². The second-order valence-corrected chi connectivity index (χ2v) is 8.09. The second kappa shape index (κ2) is 8.05. The molecule has 1 unspecified atom stereocenters. The number of aromatic nitrogens is 1. The molecule has 0 spiro atoms. The zero-order valence-electron chi connectivity index (χ0n) is 17.3. The van der Waals surface area contributed by atoms with Gasteiger partial charge in [0.15, 0.2) is 0 Å². The maximum Gasteiger partial charge on any atom is 0.216 e. The van der Waals surface area contributed by atoms with Crippen LogP contribution >= 0.6 is 11.6 Å². The summed E-state index contributed by atoms with van der Waals surface area (Å²) in [5, 5.41) is 1.67. The maximum absolute atomic E-state index is 6.38. The van der Waals surface area contributed by atoms with Crippen LogP contribution in [-0.4, -0.2) is 23.5 Å². The number of hydrogen-bond acceptors (Lipinski definition) is 4. The fourth-order valence-electron chi connectivity index (χ4n) is 3.85. The van der Waals surface area contributed by atoms with Crippen molar-refractivity contribution >= 4 is 28.4 Å². The third kappa shape index (κ3) is 3.87. The molecule has 0 fully saturated rings. The van der Waals surface area contributed by atoms with E-state index >= 15 is 0 Å². The van der Waals surface area contributed by atoms with Crippen molar-refractivity contribution in [3.8, 4) is 22.6 Å². The smallest absolute Gasteiger partial charge is 0.216 e. The first kappa shape index (κ1) is 19.6. The van der Waals surface area contributed by atoms with Gasteiger partial charge in [0.2, 0.25) is 5.90 Å². The van der Waals surface area contributed by atoms with Crippen molar-refractivity contribution in [3.05, 3.63) is 89.1 Å². The number of pyridine rings is 1. The quantitative estimate of drug-likeness (QED) is 0.358. The van der Waals surface area contributed by atoms with Gasteiger partial charge in [-0.2, -0.15) is 0 Å². The van der Waals surface area contributed by atoms with Gasteiger partial charge in [0, 0.05) is 17.1 Å². The Balaban J connectivity index is 1.50. The first-order valence-corrected chi connectivity index (χ1v) is 10.6. The number of aliphatic imine (C=N–C) groups is 1. The van der Waals surface area contributed by atoms with Crippen molar-refractivity contribution in [1.82, 2.24) is 4.98 Å². The first-order valence-electron chi connectivity index (χ1n) is 10.2. The highest BCUT2D eigenvalue weighted by molar-refractivity contribution is 6.35. The van der Waals surface area contributed by atoms with E-state index in [2.05, 4.69) is 29.0 Å². The molecule has 0 bridgehead atoms. The molecule has 0 saturated carbocycles. The molecule has 31 heavy (non-hydrogen) atoms. The van der Waals surface area contributed by atoms with Crippen LogP contribution in [-0.2, 0) is 4.74 Å². The summed E-state index contributed by atoms with van der Waals surface area (Å²) >= 11 is 6.38. The molecule has 154 valence electrons. The molecule has 2 heterocycles. The van der Waals surface area contributed by atoms with Crippen molar-refractivity contribution in [1.29, 1.82) is 0 Å². The zero-order chi connectivity index (χ0) is 21.4. The number of para-hydroxylation sites is 1. The standard InChI is InChI=1S/C26H21ClN2O2/c1-16-14-28-25-22(10-5-11-23(25)27)24(16)18-6-3-8-20(12-18)31-21-9-4-7-19(13-21)26-29-15-17(2)30-26/h3-14,17H,15H2,1-2H3. The average molecular weight is 429 g/mol. The van der Waals surface area contributed by atoms with Crippen molar-refractivity contribution in [3.63, 3.8) is 0 Å². The predicted octanol–water partition coefficient (Wildman–Crippen LogP) is 6.82. The van der Waals surface area contributed by atoms with Gasteiger partial charge < -0.3 is 9.47 Å². The summed E-state index contributed by atoms with van der Waals surface area (Å²) in [6, 6.07) is 21.8. The molecule has 5 rings (SSSR count). The summed E-state index contributed by atoms with van der Waals surface area (Å²) < 4.78 is 12.0. The highest BCUT2D eigenvalue weighted by Gasteiger charge is 2.17. The SMILES string of the molecule is Cc1cnc2c(Cl)cccc2c1-c1cccc(Oc2cccc(C3=NCC(C)O3)c2)c1. The van der Waals surface area contributed by atoms with Crippen LogP contribution in [0.15, 0.2) is 77.9 Å². The van der Waals surface area contributed by atoms with E-state index < -0.39 is 0 Å². The third-order valence-corrected chi connectivity index (χ3v) is 5.59. The van der Waals surface area contributed by atoms with Crippen LogP contribution < -0.4 is 4.74 Å². The van der Waals surface area contributed by atoms with Crippen molar-refractivity contribution in [2.45, 2.75) is 20.0 Å². The molecule has 1 aliphatic heterocycles. The largest absolute Gasteiger partial charge is 0.472 e. The van der Waals surface area contributed by atoms with Gasteiger partial charge in [0.25, 0.3) is 0 Å². The number of nitrogens with zero attached hydrogens (tertiary/aromatic N) is 2. The van der Waals surface area contributed by atoms with E-state index in [9.17, 15) is 0 Å². The monoisotopic (exact) mass is 428 g/mol. The van der Waals surface area contributed by atoms with Gasteiger partial charge in [-0.15, -0.1) is 0 Å². The number of hydrogen-bond donors (Lipinski definition) is 0. The summed E-state index contributed by atoms with van der Waals surface area (Å²) in [7, 11) is 0. The minimum Gasteiger partial charge on any atom is -0.472 e. The van der Waals surface area contributed by atoms with Gasteiger partial charge in [-0.1, -0.05) is 41.9 Å². The minimum absolute atomic E-state index is 0.114. The fraction of sp³-hybridized carbons (Fsp3) is 0.154. The molecule has 4 nitrogen and oxygen atoms in total. The maximum atomic E-state index is 6.38. The minimum atomic E-state index is 0.114. The number of halogens is 1. The van der Waals surface area contributed by atoms with E-state index in [4.69, 9.17) is 21.1 Å². The number of benzene rings is 3. The van der Waals surface area contributed by atoms with Gasteiger partial charge >= 0.3 is 0 Å². The summed E-state index contributed by atoms with van der Waals surface area (Å²) in [6.45, 7) is 4.76. The van der Waals surface area contributed by atoms with E-state index in [1.165, 1.54) is 0 Å². The predicted molar refractivity (Wildman–Crippen MR) is 125 cm³/mol. The highest BCUT2D eigenvalue weighted by atomic mass is 35.5. The van der Waals surface area contributed by atoms with Crippen LogP contribution in [0.2, 0.25) is 5.02 Å². The molecule has 0 aliphatic carbocycles. The van der Waals surface area contributed by atoms with Crippen LogP contribution in [0.1, 0.15) is 18.1 Å². The molecule has 0 N–H and O–H groups in total. The Kier molecular flexibility index (Phi) is 5.08. The Morgan fingerprint density at radius 1 is 0.968 bits per heavy atom. The van der Waals surface area contributed by atoms with E-state index in [1.807, 2.05) is 67.7 Å². The van der Waals surface area contributed by atoms with E-state index in [-0.39, 0.29) is 6.10 Å². The lowest BCUT2D eigenvalue weighted by Gasteiger charge is -2.13. The van der Waals surface area contributed by atoms with Crippen molar-refractivity contribution in [2.75, 3.05) is 6.54 Å². The molecule has 4 aromatic rings. The molecule has 1 aliphatic rings. The van der Waals surface area contributed by atoms with Crippen molar-refractivity contribution in [2.24, 2.45) is 4.99 Å². The average Bonchev–Trinajstić information content (AvgIpc) is 3.21. The molecule has 0 amide bonds. The third-order valence-electron chi connectivity index (χ3n) is 5.28. The van der Waals surface area contributed by atoms with Crippen LogP contribution in [0.5, 0.6) is 11.5 Å². The first-order chi connectivity index (χ1) is 15.1. The summed E-state index contributed by atoms with van der Waals surface area (Å²) in [4.78, 5) is 8.98. The number of ether oxygens (including phenoxy) is 2. The lowest BCUT2D eigenvalue weighted by atomic mass is 9.97. The Morgan fingerprint density at radius 3 is 2.42 bits per heavy atom. The molecule has 1 aromatic heterocycles. The Bertz CT molecular complexity index is 1320. The molecule has 3 aromatic carbocycles. The van der Waals surface area contributed by atoms with Gasteiger partial charge in [0.05, 0.1) is 17.1 Å². The van der Waals surface area contributed by atoms with E-state index in [0.717, 1.165) is 44.7 Å². The van der Waals surface area contributed by atoms with E-state index in [0.29, 0.717) is 17.5 Å². The summed E-state index contributed by atoms with van der Waals surface area (Å²) in [5.74, 6) is 2.16. The van der Waals surface area contributed by atoms with Crippen LogP contribution in [0.4, 0.5) is 0 Å². The molecule has 1 atom stereocenters. The van der Waals surface area contributed by atoms with Gasteiger partial charge in [-0.3, -0.25) is 4.98 Å². The number of fused-ring (bicyclic) bond motifs is 1. The molecule has 0 saturated heterocycles. The normalized spacial score (nSPS) is 15.6. The zero-order valence-corrected chi connectivity index (χ0v) is 18.1. The summed E-state index contributed by atoms with van der Waals surface area (Å²) in [5.41, 5.74) is 4.96. The number of aryl methyl sites for hydroxylation is 1. The van der Waals surface area contributed by atoms with Crippen LogP contribution in [0, 0.1) is 6.92 Å². The lowest BCUT2D eigenvalue weighted by molar-refractivity contribution is 0.246. The Labute approximate surface area is 186 Å². The van der Waals surface area contributed by atoms with Gasteiger partial charge in [0.1, 0.15) is 17.6 Å². The van der Waals surface area contributed by atoms with Crippen LogP contribution in [0.3, 0.4) is 0 Å². The van der Waals surface area contributed by atoms with Crippen molar-refractivity contribution < 1.29 is 9.47 Å². The Hall–Kier alpha value is -3.37. The highest BCUT2D eigenvalue weighted by Crippen LogP contribution is 2.35. The van der Waals surface area contributed by atoms with Gasteiger partial charge in [-0.25, -0.2) is 4.99 Å². The second-order valence-electron chi connectivity index (χ2n) is 7.68. The Morgan fingerprint density at radius 2 is 1.68 bits per heavy atom. The number of rotatable bonds is 4. The molecule has 5 heteroatoms. The molecular weight excluding hydrogens is 408 g/mol. The summed E-state index contributed by atoms with van der Waals surface area (Å²) in [6.07, 6.45) is 1.98.